The first-order chi connectivity index (χ1) is 16.9. The molecule has 2 aliphatic rings. The average Bonchev–Trinajstić information content (AvgIpc) is 3.11. The first-order valence-corrected chi connectivity index (χ1v) is 12.3. The van der Waals surface area contributed by atoms with Crippen LogP contribution in [0.25, 0.3) is 11.1 Å². The van der Waals surface area contributed by atoms with Crippen molar-refractivity contribution in [2.45, 2.75) is 39.0 Å². The van der Waals surface area contributed by atoms with Crippen molar-refractivity contribution in [2.75, 3.05) is 5.01 Å². The third-order valence-corrected chi connectivity index (χ3v) is 7.40. The molecule has 2 unspecified atom stereocenters. The molecular weight excluding hydrogens is 426 g/mol. The second kappa shape index (κ2) is 9.07. The standard InChI is InChI=1S/C32H33N3/c1-22-10-9-11-24(18-22)26-12-6-8-15-31(26)35(34-21-23(2)20-33)25-16-17-30-28(19-25)27-13-5-7-14-29(27)32(30,3)4/h5-21,27,29H,33H2,1-4H3. The predicted octanol–water partition coefficient (Wildman–Crippen LogP) is 7.77. The van der Waals surface area contributed by atoms with E-state index >= 15 is 0 Å². The number of para-hydroxylation sites is 1. The Morgan fingerprint density at radius 1 is 0.971 bits per heavy atom. The molecule has 0 saturated carbocycles. The average molecular weight is 460 g/mol. The van der Waals surface area contributed by atoms with Crippen LogP contribution in [0.3, 0.4) is 0 Å². The van der Waals surface area contributed by atoms with Crippen LogP contribution in [0.2, 0.25) is 0 Å². The molecule has 0 bridgehead atoms. The summed E-state index contributed by atoms with van der Waals surface area (Å²) in [5.41, 5.74) is 15.2. The maximum atomic E-state index is 5.76. The Bertz CT molecular complexity index is 1370. The molecule has 35 heavy (non-hydrogen) atoms. The highest BCUT2D eigenvalue weighted by Crippen LogP contribution is 2.53. The van der Waals surface area contributed by atoms with E-state index in [1.54, 1.807) is 6.20 Å². The van der Waals surface area contributed by atoms with Crippen LogP contribution in [0.4, 0.5) is 11.4 Å². The zero-order valence-electron chi connectivity index (χ0n) is 20.9. The third-order valence-electron chi connectivity index (χ3n) is 7.40. The molecule has 3 aromatic carbocycles. The lowest BCUT2D eigenvalue weighted by Gasteiger charge is -2.29. The number of nitrogens with zero attached hydrogens (tertiary/aromatic N) is 2. The molecule has 0 heterocycles. The van der Waals surface area contributed by atoms with E-state index in [0.29, 0.717) is 11.8 Å². The van der Waals surface area contributed by atoms with Gasteiger partial charge < -0.3 is 5.73 Å². The molecule has 5 rings (SSSR count). The molecule has 3 nitrogen and oxygen atoms in total. The van der Waals surface area contributed by atoms with Crippen LogP contribution in [0.15, 0.2) is 108 Å². The molecule has 0 amide bonds. The number of nitrogens with two attached hydrogens (primary N) is 1. The van der Waals surface area contributed by atoms with Gasteiger partial charge in [-0.05, 0) is 71.8 Å². The van der Waals surface area contributed by atoms with E-state index in [2.05, 4.69) is 112 Å². The van der Waals surface area contributed by atoms with Crippen molar-refractivity contribution in [3.05, 3.63) is 119 Å². The smallest absolute Gasteiger partial charge is 0.0730 e. The fourth-order valence-corrected chi connectivity index (χ4v) is 5.49. The predicted molar refractivity (Wildman–Crippen MR) is 149 cm³/mol. The van der Waals surface area contributed by atoms with Gasteiger partial charge in [-0.1, -0.05) is 92.2 Å². The van der Waals surface area contributed by atoms with Gasteiger partial charge in [0, 0.05) is 11.5 Å². The summed E-state index contributed by atoms with van der Waals surface area (Å²) in [6, 6.07) is 23.9. The van der Waals surface area contributed by atoms with Crippen molar-refractivity contribution < 1.29 is 0 Å². The van der Waals surface area contributed by atoms with Gasteiger partial charge in [-0.15, -0.1) is 0 Å². The number of hydrogen-bond donors (Lipinski definition) is 1. The summed E-state index contributed by atoms with van der Waals surface area (Å²) in [5.74, 6) is 0.852. The molecule has 3 heteroatoms. The molecule has 3 aromatic rings. The number of anilines is 2. The summed E-state index contributed by atoms with van der Waals surface area (Å²) in [7, 11) is 0. The Morgan fingerprint density at radius 2 is 1.77 bits per heavy atom. The molecule has 0 radical (unpaired) electrons. The van der Waals surface area contributed by atoms with Crippen molar-refractivity contribution in [1.29, 1.82) is 0 Å². The van der Waals surface area contributed by atoms with Gasteiger partial charge in [0.2, 0.25) is 0 Å². The summed E-state index contributed by atoms with van der Waals surface area (Å²) in [5, 5.41) is 6.99. The molecule has 2 atom stereocenters. The van der Waals surface area contributed by atoms with Gasteiger partial charge in [0.25, 0.3) is 0 Å². The Hall–Kier alpha value is -3.85. The molecule has 2 N–H and O–H groups in total. The molecule has 2 aliphatic carbocycles. The highest BCUT2D eigenvalue weighted by Gasteiger charge is 2.44. The van der Waals surface area contributed by atoms with E-state index in [1.165, 1.54) is 22.3 Å². The number of rotatable bonds is 5. The quantitative estimate of drug-likeness (QED) is 0.313. The second-order valence-corrected chi connectivity index (χ2v) is 10.2. The summed E-state index contributed by atoms with van der Waals surface area (Å²) >= 11 is 0. The van der Waals surface area contributed by atoms with Gasteiger partial charge in [-0.2, -0.15) is 5.10 Å². The van der Waals surface area contributed by atoms with Crippen LogP contribution in [0.5, 0.6) is 0 Å². The van der Waals surface area contributed by atoms with Crippen LogP contribution in [-0.4, -0.2) is 6.21 Å². The minimum absolute atomic E-state index is 0.0895. The fourth-order valence-electron chi connectivity index (χ4n) is 5.49. The number of fused-ring (bicyclic) bond motifs is 3. The van der Waals surface area contributed by atoms with Crippen molar-refractivity contribution in [3.8, 4) is 11.1 Å². The summed E-state index contributed by atoms with van der Waals surface area (Å²) in [6.07, 6.45) is 12.5. The van der Waals surface area contributed by atoms with Crippen molar-refractivity contribution >= 4 is 17.6 Å². The molecule has 0 fully saturated rings. The van der Waals surface area contributed by atoms with Crippen molar-refractivity contribution in [1.82, 2.24) is 0 Å². The van der Waals surface area contributed by atoms with Gasteiger partial charge in [0.15, 0.2) is 0 Å². The van der Waals surface area contributed by atoms with E-state index < -0.39 is 0 Å². The van der Waals surface area contributed by atoms with Gasteiger partial charge in [-0.3, -0.25) is 0 Å². The SMILES string of the molecule is CC(C=NN(c1ccc2c(c1)C1C=CC=CC1C2(C)C)c1ccccc1-c1cccc(C)c1)=CN. The zero-order valence-corrected chi connectivity index (χ0v) is 20.9. The minimum Gasteiger partial charge on any atom is -0.404 e. The van der Waals surface area contributed by atoms with E-state index in [4.69, 9.17) is 10.8 Å². The zero-order chi connectivity index (χ0) is 24.6. The van der Waals surface area contributed by atoms with Crippen LogP contribution >= 0.6 is 0 Å². The lowest BCUT2D eigenvalue weighted by molar-refractivity contribution is 0.394. The first-order valence-electron chi connectivity index (χ1n) is 12.3. The van der Waals surface area contributed by atoms with Crippen LogP contribution in [0.1, 0.15) is 43.4 Å². The normalized spacial score (nSPS) is 20.2. The van der Waals surface area contributed by atoms with Gasteiger partial charge in [0.05, 0.1) is 17.6 Å². The number of aryl methyl sites for hydroxylation is 1. The van der Waals surface area contributed by atoms with Gasteiger partial charge in [0.1, 0.15) is 0 Å². The Labute approximate surface area is 209 Å². The molecule has 176 valence electrons. The van der Waals surface area contributed by atoms with E-state index in [1.807, 2.05) is 18.1 Å². The number of hydrazone groups is 1. The largest absolute Gasteiger partial charge is 0.404 e. The van der Waals surface area contributed by atoms with E-state index in [0.717, 1.165) is 22.5 Å². The summed E-state index contributed by atoms with van der Waals surface area (Å²) in [4.78, 5) is 0. The Balaban J connectivity index is 1.67. The number of benzene rings is 3. The van der Waals surface area contributed by atoms with E-state index in [-0.39, 0.29) is 5.41 Å². The van der Waals surface area contributed by atoms with Crippen LogP contribution in [0, 0.1) is 12.8 Å². The molecule has 0 aliphatic heterocycles. The second-order valence-electron chi connectivity index (χ2n) is 10.2. The summed E-state index contributed by atoms with van der Waals surface area (Å²) in [6.45, 7) is 8.81. The van der Waals surface area contributed by atoms with Crippen molar-refractivity contribution in [2.24, 2.45) is 16.8 Å². The van der Waals surface area contributed by atoms with Gasteiger partial charge >= 0.3 is 0 Å². The number of allylic oxidation sites excluding steroid dienone is 5. The number of hydrogen-bond acceptors (Lipinski definition) is 3. The lowest BCUT2D eigenvalue weighted by Crippen LogP contribution is -2.24. The highest BCUT2D eigenvalue weighted by atomic mass is 15.5. The van der Waals surface area contributed by atoms with Crippen LogP contribution < -0.4 is 10.7 Å². The van der Waals surface area contributed by atoms with Crippen LogP contribution in [-0.2, 0) is 5.41 Å². The maximum absolute atomic E-state index is 5.76. The van der Waals surface area contributed by atoms with Crippen molar-refractivity contribution in [3.63, 3.8) is 0 Å². The van der Waals surface area contributed by atoms with E-state index in [9.17, 15) is 0 Å². The maximum Gasteiger partial charge on any atom is 0.0730 e. The Kier molecular flexibility index (Phi) is 5.94. The third kappa shape index (κ3) is 4.12. The monoisotopic (exact) mass is 459 g/mol. The first kappa shape index (κ1) is 22.9. The molecule has 0 aromatic heterocycles. The minimum atomic E-state index is 0.0895. The molecule has 0 saturated heterocycles. The molecular formula is C32H33N3. The lowest BCUT2D eigenvalue weighted by atomic mass is 9.74. The topological polar surface area (TPSA) is 41.6 Å². The van der Waals surface area contributed by atoms with Gasteiger partial charge in [-0.25, -0.2) is 5.01 Å². The highest BCUT2D eigenvalue weighted by molar-refractivity contribution is 5.85. The summed E-state index contributed by atoms with van der Waals surface area (Å²) < 4.78 is 0. The molecule has 0 spiro atoms. The fraction of sp³-hybridized carbons (Fsp3) is 0.219. The Morgan fingerprint density at radius 3 is 2.57 bits per heavy atom.